The largest absolute Gasteiger partial charge is 0.481 e. The second-order valence-corrected chi connectivity index (χ2v) is 7.02. The first-order valence-corrected chi connectivity index (χ1v) is 9.17. The number of carboxylic acid groups (broad SMARTS) is 1. The predicted molar refractivity (Wildman–Crippen MR) is 101 cm³/mol. The summed E-state index contributed by atoms with van der Waals surface area (Å²) < 4.78 is 5.62. The molecule has 5 heteroatoms. The van der Waals surface area contributed by atoms with Gasteiger partial charge in [-0.2, -0.15) is 0 Å². The van der Waals surface area contributed by atoms with Crippen LogP contribution < -0.4 is 4.74 Å². The lowest BCUT2D eigenvalue weighted by molar-refractivity contribution is -0.137. The van der Waals surface area contributed by atoms with Crippen molar-refractivity contribution >= 4 is 22.7 Å². The second-order valence-electron chi connectivity index (χ2n) is 7.02. The quantitative estimate of drug-likeness (QED) is 0.630. The lowest BCUT2D eigenvalue weighted by Crippen LogP contribution is -2.30. The highest BCUT2D eigenvalue weighted by Crippen LogP contribution is 2.36. The Morgan fingerprint density at radius 3 is 2.69 bits per heavy atom. The second kappa shape index (κ2) is 8.32. The van der Waals surface area contributed by atoms with E-state index in [1.807, 2.05) is 24.3 Å². The number of ether oxygens (including phenoxy) is 1. The van der Waals surface area contributed by atoms with Gasteiger partial charge in [0.2, 0.25) is 0 Å². The van der Waals surface area contributed by atoms with Crippen LogP contribution in [0.4, 0.5) is 0 Å². The molecule has 1 heterocycles. The van der Waals surface area contributed by atoms with Crippen LogP contribution in [0.15, 0.2) is 36.4 Å². The molecule has 1 atom stereocenters. The number of rotatable bonds is 6. The Balaban J connectivity index is 1.86. The number of hydrogen-bond donors (Lipinski definition) is 1. The number of carboxylic acids is 1. The monoisotopic (exact) mass is 355 g/mol. The van der Waals surface area contributed by atoms with Gasteiger partial charge in [0, 0.05) is 24.8 Å². The highest BCUT2D eigenvalue weighted by atomic mass is 16.5. The van der Waals surface area contributed by atoms with Crippen LogP contribution in [0.25, 0.3) is 10.8 Å². The number of carbonyl (C=O) groups excluding carboxylic acids is 1. The molecule has 0 radical (unpaired) electrons. The van der Waals surface area contributed by atoms with E-state index in [2.05, 4.69) is 24.1 Å². The third kappa shape index (κ3) is 4.41. The van der Waals surface area contributed by atoms with Crippen LogP contribution in [0.3, 0.4) is 0 Å². The maximum atomic E-state index is 12.2. The molecule has 3 rings (SSSR count). The number of carbonyl (C=O) groups is 2. The molecule has 0 aliphatic carbocycles. The van der Waals surface area contributed by atoms with E-state index in [0.717, 1.165) is 36.7 Å². The summed E-state index contributed by atoms with van der Waals surface area (Å²) in [6.07, 6.45) is 2.67. The summed E-state index contributed by atoms with van der Waals surface area (Å²) in [5, 5.41) is 10.8. The molecule has 0 saturated carbocycles. The summed E-state index contributed by atoms with van der Waals surface area (Å²) in [6, 6.07) is 12.0. The van der Waals surface area contributed by atoms with E-state index in [0.29, 0.717) is 18.1 Å². The molecule has 0 aromatic heterocycles. The van der Waals surface area contributed by atoms with E-state index in [1.165, 1.54) is 5.56 Å². The molecule has 5 nitrogen and oxygen atoms in total. The van der Waals surface area contributed by atoms with Crippen molar-refractivity contribution in [3.63, 3.8) is 0 Å². The first-order valence-electron chi connectivity index (χ1n) is 9.17. The van der Waals surface area contributed by atoms with Gasteiger partial charge in [-0.3, -0.25) is 9.59 Å². The molecule has 26 heavy (non-hydrogen) atoms. The van der Waals surface area contributed by atoms with Crippen LogP contribution in [-0.2, 0) is 9.59 Å². The van der Waals surface area contributed by atoms with Crippen molar-refractivity contribution in [3.8, 4) is 5.75 Å². The van der Waals surface area contributed by atoms with Crippen LogP contribution in [0.1, 0.15) is 43.6 Å². The van der Waals surface area contributed by atoms with Crippen molar-refractivity contribution in [1.29, 1.82) is 0 Å². The van der Waals surface area contributed by atoms with E-state index >= 15 is 0 Å². The molecule has 0 spiro atoms. The number of fused-ring (bicyclic) bond motifs is 1. The summed E-state index contributed by atoms with van der Waals surface area (Å²) in [7, 11) is 2.14. The highest BCUT2D eigenvalue weighted by molar-refractivity contribution is 5.93. The number of benzene rings is 2. The molecule has 1 aliphatic rings. The van der Waals surface area contributed by atoms with Gasteiger partial charge in [-0.15, -0.1) is 0 Å². The maximum absolute atomic E-state index is 12.2. The zero-order chi connectivity index (χ0) is 18.5. The minimum atomic E-state index is -0.897. The molecule has 1 fully saturated rings. The third-order valence-electron chi connectivity index (χ3n) is 4.96. The Hall–Kier alpha value is -2.40. The van der Waals surface area contributed by atoms with E-state index in [4.69, 9.17) is 9.84 Å². The van der Waals surface area contributed by atoms with Crippen molar-refractivity contribution in [1.82, 2.24) is 4.90 Å². The Labute approximate surface area is 153 Å². The molecule has 2 aromatic rings. The first kappa shape index (κ1) is 18.4. The zero-order valence-electron chi connectivity index (χ0n) is 15.1. The number of likely N-dealkylation sites (N-methyl/N-ethyl adjacent to an activating group) is 1. The molecule has 2 aromatic carbocycles. The fourth-order valence-corrected chi connectivity index (χ4v) is 3.74. The number of esters is 1. The molecular weight excluding hydrogens is 330 g/mol. The van der Waals surface area contributed by atoms with Crippen molar-refractivity contribution in [2.24, 2.45) is 0 Å². The van der Waals surface area contributed by atoms with Crippen LogP contribution in [0.2, 0.25) is 0 Å². The van der Waals surface area contributed by atoms with Crippen molar-refractivity contribution in [3.05, 3.63) is 42.0 Å². The van der Waals surface area contributed by atoms with Crippen LogP contribution >= 0.6 is 0 Å². The minimum absolute atomic E-state index is 0.0235. The van der Waals surface area contributed by atoms with E-state index in [-0.39, 0.29) is 18.8 Å². The summed E-state index contributed by atoms with van der Waals surface area (Å²) in [6.45, 7) is 2.12. The number of hydrogen-bond acceptors (Lipinski definition) is 4. The summed E-state index contributed by atoms with van der Waals surface area (Å²) in [5.41, 5.74) is 1.22. The molecule has 1 saturated heterocycles. The highest BCUT2D eigenvalue weighted by Gasteiger charge is 2.22. The van der Waals surface area contributed by atoms with Crippen LogP contribution in [0, 0.1) is 0 Å². The maximum Gasteiger partial charge on any atom is 0.311 e. The lowest BCUT2D eigenvalue weighted by Gasteiger charge is -2.31. The van der Waals surface area contributed by atoms with E-state index in [1.54, 1.807) is 0 Å². The molecule has 1 N–H and O–H groups in total. The van der Waals surface area contributed by atoms with Crippen molar-refractivity contribution in [2.45, 2.75) is 38.0 Å². The molecule has 138 valence electrons. The van der Waals surface area contributed by atoms with Gasteiger partial charge >= 0.3 is 11.9 Å². The summed E-state index contributed by atoms with van der Waals surface area (Å²) >= 11 is 0. The fraction of sp³-hybridized carbons (Fsp3) is 0.429. The third-order valence-corrected chi connectivity index (χ3v) is 4.96. The lowest BCUT2D eigenvalue weighted by atomic mass is 9.87. The Morgan fingerprint density at radius 2 is 1.96 bits per heavy atom. The fourth-order valence-electron chi connectivity index (χ4n) is 3.74. The van der Waals surface area contributed by atoms with Crippen molar-refractivity contribution < 1.29 is 19.4 Å². The predicted octanol–water partition coefficient (Wildman–Crippen LogP) is 3.81. The average Bonchev–Trinajstić information content (AvgIpc) is 2.61. The SMILES string of the molecule is CN1CCCC(c2cccc3cccc(OC(=O)CCCC(=O)O)c23)C1. The van der Waals surface area contributed by atoms with Gasteiger partial charge in [-0.25, -0.2) is 0 Å². The molecule has 0 bridgehead atoms. The van der Waals surface area contributed by atoms with Gasteiger partial charge in [-0.1, -0.05) is 30.3 Å². The average molecular weight is 355 g/mol. The van der Waals surface area contributed by atoms with Crippen LogP contribution in [0.5, 0.6) is 5.75 Å². The Kier molecular flexibility index (Phi) is 5.89. The molecule has 0 amide bonds. The van der Waals surface area contributed by atoms with Gasteiger partial charge < -0.3 is 14.7 Å². The van der Waals surface area contributed by atoms with E-state index < -0.39 is 5.97 Å². The van der Waals surface area contributed by atoms with Gasteiger partial charge in [0.15, 0.2) is 0 Å². The van der Waals surface area contributed by atoms with Gasteiger partial charge in [0.25, 0.3) is 0 Å². The number of aliphatic carboxylic acids is 1. The summed E-state index contributed by atoms with van der Waals surface area (Å²) in [5.74, 6) is -0.281. The van der Waals surface area contributed by atoms with Gasteiger partial charge in [-0.05, 0) is 55.8 Å². The molecule has 1 unspecified atom stereocenters. The summed E-state index contributed by atoms with van der Waals surface area (Å²) in [4.78, 5) is 25.1. The van der Waals surface area contributed by atoms with Crippen LogP contribution in [-0.4, -0.2) is 42.1 Å². The van der Waals surface area contributed by atoms with E-state index in [9.17, 15) is 9.59 Å². The van der Waals surface area contributed by atoms with Gasteiger partial charge in [0.05, 0.1) is 0 Å². The smallest absolute Gasteiger partial charge is 0.311 e. The molecular formula is C21H25NO4. The zero-order valence-corrected chi connectivity index (χ0v) is 15.1. The van der Waals surface area contributed by atoms with Gasteiger partial charge in [0.1, 0.15) is 5.75 Å². The molecule has 1 aliphatic heterocycles. The van der Waals surface area contributed by atoms with Crippen molar-refractivity contribution in [2.75, 3.05) is 20.1 Å². The Morgan fingerprint density at radius 1 is 1.19 bits per heavy atom. The topological polar surface area (TPSA) is 66.8 Å². The first-order chi connectivity index (χ1) is 12.5. The number of piperidine rings is 1. The number of nitrogens with zero attached hydrogens (tertiary/aromatic N) is 1. The number of likely N-dealkylation sites (tertiary alicyclic amines) is 1. The standard InChI is InChI=1S/C21H25NO4/c1-22-13-5-8-16(14-22)17-9-2-6-15-7-3-10-18(21(15)17)26-20(25)12-4-11-19(23)24/h2-3,6-7,9-10,16H,4-5,8,11-14H2,1H3,(H,23,24). The normalized spacial score (nSPS) is 18.0. The Bertz CT molecular complexity index is 796. The minimum Gasteiger partial charge on any atom is -0.481 e.